The van der Waals surface area contributed by atoms with Crippen molar-refractivity contribution in [3.8, 4) is 18.2 Å². The van der Waals surface area contributed by atoms with Crippen molar-refractivity contribution < 1.29 is 0 Å². The van der Waals surface area contributed by atoms with Gasteiger partial charge in [-0.15, -0.1) is 0 Å². The molecule has 25 heavy (non-hydrogen) atoms. The zero-order valence-corrected chi connectivity index (χ0v) is 14.4. The largest absolute Gasteiger partial charge is 0.258 e. The Kier molecular flexibility index (Phi) is 4.35. The number of nitriles is 3. The first-order chi connectivity index (χ1) is 12.1. The number of nitrogens with zero attached hydrogens (tertiary/aromatic N) is 3. The van der Waals surface area contributed by atoms with Gasteiger partial charge in [-0.3, -0.25) is 5.41 Å². The smallest absolute Gasteiger partial charge is 0.214 e. The van der Waals surface area contributed by atoms with Gasteiger partial charge in [-0.1, -0.05) is 24.3 Å². The van der Waals surface area contributed by atoms with E-state index in [0.29, 0.717) is 28.7 Å². The lowest BCUT2D eigenvalue weighted by Gasteiger charge is -2.18. The van der Waals surface area contributed by atoms with E-state index in [1.54, 1.807) is 24.3 Å². The molecule has 0 saturated heterocycles. The molecule has 120 valence electrons. The second-order valence-corrected chi connectivity index (χ2v) is 7.83. The summed E-state index contributed by atoms with van der Waals surface area (Å²) >= 11 is 1.87. The van der Waals surface area contributed by atoms with Crippen molar-refractivity contribution in [2.24, 2.45) is 0 Å². The lowest BCUT2D eigenvalue weighted by atomic mass is 9.78. The fourth-order valence-corrected chi connectivity index (χ4v) is 4.21. The van der Waals surface area contributed by atoms with Crippen LogP contribution < -0.4 is 0 Å². The summed E-state index contributed by atoms with van der Waals surface area (Å²) in [5.41, 5.74) is 0.104. The first-order valence-electron chi connectivity index (χ1n) is 7.98. The average Bonchev–Trinajstić information content (AvgIpc) is 3.29. The van der Waals surface area contributed by atoms with E-state index >= 15 is 0 Å². The van der Waals surface area contributed by atoms with Crippen LogP contribution in [0.4, 0.5) is 0 Å². The molecule has 2 aliphatic rings. The molecule has 0 bridgehead atoms. The van der Waals surface area contributed by atoms with Gasteiger partial charge in [0, 0.05) is 30.9 Å². The Hall–Kier alpha value is -3.03. The van der Waals surface area contributed by atoms with Gasteiger partial charge >= 0.3 is 0 Å². The van der Waals surface area contributed by atoms with Gasteiger partial charge in [0.2, 0.25) is 9.61 Å². The van der Waals surface area contributed by atoms with Crippen molar-refractivity contribution in [3.05, 3.63) is 47.5 Å². The molecular formula is C20H15N4S+. The Morgan fingerprint density at radius 1 is 1.16 bits per heavy atom. The maximum atomic E-state index is 9.68. The predicted octanol–water partition coefficient (Wildman–Crippen LogP) is 3.26. The monoisotopic (exact) mass is 343 g/mol. The number of nitrogens with one attached hydrogen (secondary N) is 1. The molecular weight excluding hydrogens is 328 g/mol. The Bertz CT molecular complexity index is 923. The van der Waals surface area contributed by atoms with E-state index in [2.05, 4.69) is 30.2 Å². The topological polar surface area (TPSA) is 95.2 Å². The average molecular weight is 343 g/mol. The summed E-state index contributed by atoms with van der Waals surface area (Å²) in [6.45, 7) is 0. The normalized spacial score (nSPS) is 16.3. The molecule has 1 aliphatic heterocycles. The quantitative estimate of drug-likeness (QED) is 0.385. The van der Waals surface area contributed by atoms with Crippen LogP contribution >= 0.6 is 0 Å². The lowest BCUT2D eigenvalue weighted by molar-refractivity contribution is 0.649. The Morgan fingerprint density at radius 2 is 1.84 bits per heavy atom. The summed E-state index contributed by atoms with van der Waals surface area (Å²) in [5.74, 6) is 2.09. The number of benzene rings is 1. The fraction of sp³-hybridized carbons (Fsp3) is 0.300. The molecule has 0 unspecified atom stereocenters. The number of hydrogen-bond donors (Lipinski definition) is 1. The van der Waals surface area contributed by atoms with Gasteiger partial charge in [0.05, 0.1) is 12.1 Å². The van der Waals surface area contributed by atoms with E-state index in [0.717, 1.165) is 0 Å². The molecule has 0 radical (unpaired) electrons. The van der Waals surface area contributed by atoms with Crippen molar-refractivity contribution in [2.45, 2.75) is 35.8 Å². The van der Waals surface area contributed by atoms with E-state index in [4.69, 9.17) is 10.7 Å². The molecule has 1 aliphatic carbocycles. The Morgan fingerprint density at radius 3 is 2.32 bits per heavy atom. The first kappa shape index (κ1) is 16.8. The Balaban J connectivity index is 1.82. The van der Waals surface area contributed by atoms with E-state index in [1.807, 2.05) is 17.4 Å². The number of rotatable bonds is 5. The maximum Gasteiger partial charge on any atom is 0.214 e. The summed E-state index contributed by atoms with van der Waals surface area (Å²) in [6.07, 6.45) is 7.94. The third kappa shape index (κ3) is 3.15. The van der Waals surface area contributed by atoms with Gasteiger partial charge in [-0.2, -0.15) is 15.8 Å². The lowest BCUT2D eigenvalue weighted by Crippen LogP contribution is -2.23. The molecule has 0 atom stereocenters. The van der Waals surface area contributed by atoms with Gasteiger partial charge in [0.15, 0.2) is 16.8 Å². The van der Waals surface area contributed by atoms with E-state index in [1.165, 1.54) is 17.7 Å². The van der Waals surface area contributed by atoms with Crippen LogP contribution in [0.1, 0.15) is 36.8 Å². The zero-order valence-electron chi connectivity index (χ0n) is 13.5. The van der Waals surface area contributed by atoms with E-state index in [-0.39, 0.29) is 5.57 Å². The molecule has 1 spiro atoms. The minimum absolute atomic E-state index is 0.129. The molecule has 5 heteroatoms. The van der Waals surface area contributed by atoms with Gasteiger partial charge in [-0.05, 0) is 23.9 Å². The van der Waals surface area contributed by atoms with Crippen LogP contribution in [0.3, 0.4) is 0 Å². The van der Waals surface area contributed by atoms with Crippen LogP contribution in [0, 0.1) is 39.4 Å². The van der Waals surface area contributed by atoms with E-state index < -0.39 is 5.41 Å². The number of allylic oxidation sites excluding steroid dienone is 2. The molecule has 1 heterocycles. The molecule has 3 rings (SSSR count). The fourth-order valence-electron chi connectivity index (χ4n) is 2.91. The highest BCUT2D eigenvalue weighted by molar-refractivity contribution is 7.81. The Labute approximate surface area is 150 Å². The third-order valence-corrected chi connectivity index (χ3v) is 6.23. The molecule has 1 fully saturated rings. The van der Waals surface area contributed by atoms with Crippen LogP contribution in [0.15, 0.2) is 36.4 Å². The molecule has 4 nitrogen and oxygen atoms in total. The van der Waals surface area contributed by atoms with Crippen molar-refractivity contribution in [3.63, 3.8) is 0 Å². The van der Waals surface area contributed by atoms with Crippen molar-refractivity contribution in [2.75, 3.05) is 0 Å². The van der Waals surface area contributed by atoms with Crippen molar-refractivity contribution in [1.29, 1.82) is 21.2 Å². The highest BCUT2D eigenvalue weighted by Gasteiger charge is 2.54. The molecule has 0 aromatic heterocycles. The molecule has 1 aromatic carbocycles. The van der Waals surface area contributed by atoms with Crippen LogP contribution in [0.25, 0.3) is 5.57 Å². The molecule has 0 amide bonds. The second kappa shape index (κ2) is 6.46. The second-order valence-electron chi connectivity index (χ2n) is 6.28. The minimum Gasteiger partial charge on any atom is -0.258 e. The van der Waals surface area contributed by atoms with Gasteiger partial charge in [0.1, 0.15) is 11.6 Å². The SMILES string of the molecule is N#CC(=C=N)c1ccc(C(C#N)(C#N)CCC2=[S+]C3(C=C2)CC3)cc1. The highest BCUT2D eigenvalue weighted by Crippen LogP contribution is 2.42. The highest BCUT2D eigenvalue weighted by atomic mass is 32.1. The van der Waals surface area contributed by atoms with Crippen molar-refractivity contribution in [1.82, 2.24) is 0 Å². The van der Waals surface area contributed by atoms with Crippen LogP contribution in [-0.2, 0) is 16.8 Å². The standard InChI is InChI=1S/C20H15N4S/c21-11-16(12-22)15-1-3-17(4-2-15)19(13-23,14-24)7-5-18-6-8-20(25-18)9-10-20/h1-4,6,8,21H,5,7,9-10H2/q+1. The van der Waals surface area contributed by atoms with Gasteiger partial charge < -0.3 is 0 Å². The van der Waals surface area contributed by atoms with Gasteiger partial charge in [-0.25, -0.2) is 0 Å². The molecule has 1 saturated carbocycles. The maximum absolute atomic E-state index is 9.68. The van der Waals surface area contributed by atoms with Gasteiger partial charge in [0.25, 0.3) is 0 Å². The summed E-state index contributed by atoms with van der Waals surface area (Å²) in [7, 11) is 0. The van der Waals surface area contributed by atoms with Crippen molar-refractivity contribution >= 4 is 27.7 Å². The van der Waals surface area contributed by atoms with Crippen LogP contribution in [-0.4, -0.2) is 15.5 Å². The molecule has 1 N–H and O–H groups in total. The van der Waals surface area contributed by atoms with Crippen LogP contribution in [0.5, 0.6) is 0 Å². The first-order valence-corrected chi connectivity index (χ1v) is 8.79. The summed E-state index contributed by atoms with van der Waals surface area (Å²) in [5, 5.41) is 35.5. The summed E-state index contributed by atoms with van der Waals surface area (Å²) in [6, 6.07) is 13.0. The summed E-state index contributed by atoms with van der Waals surface area (Å²) in [4.78, 5) is 1.24. The summed E-state index contributed by atoms with van der Waals surface area (Å²) < 4.78 is 0.311. The minimum atomic E-state index is -1.21. The predicted molar refractivity (Wildman–Crippen MR) is 98.8 cm³/mol. The zero-order chi connectivity index (χ0) is 17.9. The van der Waals surface area contributed by atoms with E-state index in [9.17, 15) is 10.5 Å². The number of hydrogen-bond acceptors (Lipinski definition) is 4. The molecule has 1 aromatic rings. The third-order valence-electron chi connectivity index (χ3n) is 4.68. The van der Waals surface area contributed by atoms with Crippen LogP contribution in [0.2, 0.25) is 0 Å².